The minimum atomic E-state index is 0.405. The van der Waals surface area contributed by atoms with Crippen LogP contribution in [0.4, 0.5) is 0 Å². The first kappa shape index (κ1) is 12.1. The van der Waals surface area contributed by atoms with E-state index in [1.54, 1.807) is 11.3 Å². The van der Waals surface area contributed by atoms with Crippen molar-refractivity contribution in [3.63, 3.8) is 0 Å². The Morgan fingerprint density at radius 3 is 2.56 bits per heavy atom. The van der Waals surface area contributed by atoms with Crippen molar-refractivity contribution in [2.24, 2.45) is 11.8 Å². The van der Waals surface area contributed by atoms with Crippen LogP contribution in [0.25, 0.3) is 0 Å². The molecule has 3 atom stereocenters. The average molecular weight is 238 g/mol. The minimum absolute atomic E-state index is 0.405. The molecule has 2 nitrogen and oxygen atoms in total. The van der Waals surface area contributed by atoms with Crippen LogP contribution in [0.1, 0.15) is 51.1 Å². The highest BCUT2D eigenvalue weighted by molar-refractivity contribution is 7.09. The zero-order valence-electron chi connectivity index (χ0n) is 10.4. The predicted molar refractivity (Wildman–Crippen MR) is 69.6 cm³/mol. The van der Waals surface area contributed by atoms with Gasteiger partial charge in [0.25, 0.3) is 0 Å². The van der Waals surface area contributed by atoms with E-state index in [4.69, 9.17) is 0 Å². The van der Waals surface area contributed by atoms with Crippen LogP contribution >= 0.6 is 11.3 Å². The van der Waals surface area contributed by atoms with E-state index >= 15 is 0 Å². The molecule has 0 aliphatic heterocycles. The molecule has 1 heterocycles. The lowest BCUT2D eigenvalue weighted by atomic mass is 9.80. The topological polar surface area (TPSA) is 24.9 Å². The molecule has 1 aliphatic carbocycles. The Kier molecular flexibility index (Phi) is 3.98. The number of hydrogen-bond donors (Lipinski definition) is 1. The second kappa shape index (κ2) is 5.28. The Morgan fingerprint density at radius 2 is 2.00 bits per heavy atom. The van der Waals surface area contributed by atoms with Gasteiger partial charge in [0, 0.05) is 17.6 Å². The summed E-state index contributed by atoms with van der Waals surface area (Å²) in [5.74, 6) is 1.73. The van der Waals surface area contributed by atoms with Crippen LogP contribution in [0, 0.1) is 11.8 Å². The smallest absolute Gasteiger partial charge is 0.109 e. The van der Waals surface area contributed by atoms with Gasteiger partial charge in [-0.05, 0) is 38.0 Å². The van der Waals surface area contributed by atoms with Crippen molar-refractivity contribution in [3.8, 4) is 0 Å². The fourth-order valence-electron chi connectivity index (χ4n) is 2.96. The number of hydrogen-bond acceptors (Lipinski definition) is 3. The van der Waals surface area contributed by atoms with Gasteiger partial charge in [-0.3, -0.25) is 0 Å². The molecule has 1 aromatic rings. The molecule has 0 amide bonds. The molecule has 0 bridgehead atoms. The molecule has 3 unspecified atom stereocenters. The number of nitrogens with one attached hydrogen (secondary N) is 1. The average Bonchev–Trinajstić information content (AvgIpc) is 2.68. The number of rotatable bonds is 3. The summed E-state index contributed by atoms with van der Waals surface area (Å²) in [6, 6.07) is 1.08. The molecule has 2 rings (SSSR count). The summed E-state index contributed by atoms with van der Waals surface area (Å²) in [5.41, 5.74) is 0. The molecule has 1 N–H and O–H groups in total. The number of thiazole rings is 1. The number of aromatic nitrogens is 1. The van der Waals surface area contributed by atoms with Crippen LogP contribution in [-0.4, -0.2) is 11.0 Å². The third-order valence-electron chi connectivity index (χ3n) is 3.49. The standard InChI is InChI=1S/C13H22N2S/c1-9-6-10(2)8-12(7-9)15-11(3)13-14-4-5-16-13/h4-5,9-12,15H,6-8H2,1-3H3. The van der Waals surface area contributed by atoms with E-state index < -0.39 is 0 Å². The maximum absolute atomic E-state index is 4.38. The van der Waals surface area contributed by atoms with Crippen molar-refractivity contribution in [3.05, 3.63) is 16.6 Å². The molecule has 3 heteroatoms. The lowest BCUT2D eigenvalue weighted by molar-refractivity contribution is 0.228. The third kappa shape index (κ3) is 3.05. The molecule has 1 aliphatic rings. The van der Waals surface area contributed by atoms with Gasteiger partial charge in [-0.25, -0.2) is 4.98 Å². The van der Waals surface area contributed by atoms with Gasteiger partial charge in [0.2, 0.25) is 0 Å². The summed E-state index contributed by atoms with van der Waals surface area (Å²) in [5, 5.41) is 7.00. The molecule has 16 heavy (non-hydrogen) atoms. The first-order valence-electron chi connectivity index (χ1n) is 6.30. The highest BCUT2D eigenvalue weighted by atomic mass is 32.1. The fourth-order valence-corrected chi connectivity index (χ4v) is 3.61. The van der Waals surface area contributed by atoms with E-state index in [0.717, 1.165) is 11.8 Å². The summed E-state index contributed by atoms with van der Waals surface area (Å²) in [6.07, 6.45) is 5.92. The Hall–Kier alpha value is -0.410. The predicted octanol–water partition coefficient (Wildman–Crippen LogP) is 3.62. The summed E-state index contributed by atoms with van der Waals surface area (Å²) < 4.78 is 0. The van der Waals surface area contributed by atoms with Gasteiger partial charge in [0.1, 0.15) is 5.01 Å². The van der Waals surface area contributed by atoms with Crippen molar-refractivity contribution >= 4 is 11.3 Å². The van der Waals surface area contributed by atoms with Crippen molar-refractivity contribution in [2.75, 3.05) is 0 Å². The maximum atomic E-state index is 4.38. The lowest BCUT2D eigenvalue weighted by Crippen LogP contribution is -2.37. The van der Waals surface area contributed by atoms with E-state index in [0.29, 0.717) is 12.1 Å². The van der Waals surface area contributed by atoms with Gasteiger partial charge in [-0.15, -0.1) is 11.3 Å². The first-order valence-corrected chi connectivity index (χ1v) is 7.18. The quantitative estimate of drug-likeness (QED) is 0.870. The molecular weight excluding hydrogens is 216 g/mol. The lowest BCUT2D eigenvalue weighted by Gasteiger charge is -2.33. The van der Waals surface area contributed by atoms with Crippen LogP contribution < -0.4 is 5.32 Å². The molecule has 0 aromatic carbocycles. The van der Waals surface area contributed by atoms with E-state index in [9.17, 15) is 0 Å². The highest BCUT2D eigenvalue weighted by Crippen LogP contribution is 2.30. The maximum Gasteiger partial charge on any atom is 0.109 e. The van der Waals surface area contributed by atoms with Crippen molar-refractivity contribution in [2.45, 2.75) is 52.1 Å². The Labute approximate surface area is 102 Å². The second-order valence-corrected chi connectivity index (χ2v) is 6.30. The van der Waals surface area contributed by atoms with Gasteiger partial charge in [0.05, 0.1) is 6.04 Å². The summed E-state index contributed by atoms with van der Waals surface area (Å²) >= 11 is 1.75. The van der Waals surface area contributed by atoms with E-state index in [2.05, 4.69) is 36.5 Å². The largest absolute Gasteiger partial charge is 0.305 e. The van der Waals surface area contributed by atoms with Gasteiger partial charge in [0.15, 0.2) is 0 Å². The zero-order chi connectivity index (χ0) is 11.5. The number of nitrogens with zero attached hydrogens (tertiary/aromatic N) is 1. The van der Waals surface area contributed by atoms with Gasteiger partial charge >= 0.3 is 0 Å². The van der Waals surface area contributed by atoms with Crippen LogP contribution in [0.15, 0.2) is 11.6 Å². The Bertz CT molecular complexity index is 300. The molecular formula is C13H22N2S. The minimum Gasteiger partial charge on any atom is -0.305 e. The molecule has 1 saturated carbocycles. The van der Waals surface area contributed by atoms with E-state index in [1.807, 2.05) is 6.20 Å². The zero-order valence-corrected chi connectivity index (χ0v) is 11.3. The van der Waals surface area contributed by atoms with Gasteiger partial charge in [-0.1, -0.05) is 13.8 Å². The molecule has 1 fully saturated rings. The normalized spacial score (nSPS) is 32.6. The summed E-state index contributed by atoms with van der Waals surface area (Å²) in [6.45, 7) is 6.97. The Balaban J connectivity index is 1.89. The van der Waals surface area contributed by atoms with E-state index in [1.165, 1.54) is 24.3 Å². The molecule has 90 valence electrons. The van der Waals surface area contributed by atoms with Crippen LogP contribution in [-0.2, 0) is 0 Å². The van der Waals surface area contributed by atoms with Crippen molar-refractivity contribution in [1.29, 1.82) is 0 Å². The van der Waals surface area contributed by atoms with Gasteiger partial charge < -0.3 is 5.32 Å². The summed E-state index contributed by atoms with van der Waals surface area (Å²) in [4.78, 5) is 4.38. The SMILES string of the molecule is CC1CC(C)CC(NC(C)c2nccs2)C1. The second-order valence-electron chi connectivity index (χ2n) is 5.37. The highest BCUT2D eigenvalue weighted by Gasteiger charge is 2.25. The van der Waals surface area contributed by atoms with Crippen molar-refractivity contribution in [1.82, 2.24) is 10.3 Å². The fraction of sp³-hybridized carbons (Fsp3) is 0.769. The van der Waals surface area contributed by atoms with Crippen LogP contribution in [0.5, 0.6) is 0 Å². The molecule has 0 spiro atoms. The van der Waals surface area contributed by atoms with Gasteiger partial charge in [-0.2, -0.15) is 0 Å². The summed E-state index contributed by atoms with van der Waals surface area (Å²) in [7, 11) is 0. The van der Waals surface area contributed by atoms with E-state index in [-0.39, 0.29) is 0 Å². The van der Waals surface area contributed by atoms with Crippen molar-refractivity contribution < 1.29 is 0 Å². The van der Waals surface area contributed by atoms with Crippen LogP contribution in [0.3, 0.4) is 0 Å². The molecule has 0 radical (unpaired) electrons. The third-order valence-corrected chi connectivity index (χ3v) is 4.44. The monoisotopic (exact) mass is 238 g/mol. The molecule has 0 saturated heterocycles. The first-order chi connectivity index (χ1) is 7.65. The molecule has 1 aromatic heterocycles. The van der Waals surface area contributed by atoms with Crippen LogP contribution in [0.2, 0.25) is 0 Å². The Morgan fingerprint density at radius 1 is 1.31 bits per heavy atom.